The number of H-pyrrole nitrogens is 1. The second kappa shape index (κ2) is 7.43. The molecule has 3 aromatic heterocycles. The minimum absolute atomic E-state index is 0.0651. The number of rotatable bonds is 4. The number of carbonyl (C=O) groups excluding carboxylic acids is 1. The van der Waals surface area contributed by atoms with Gasteiger partial charge in [0.1, 0.15) is 0 Å². The van der Waals surface area contributed by atoms with Crippen molar-refractivity contribution in [1.29, 1.82) is 0 Å². The van der Waals surface area contributed by atoms with Crippen LogP contribution >= 0.6 is 22.9 Å². The zero-order chi connectivity index (χ0) is 22.7. The molecule has 1 fully saturated rings. The molecule has 3 N–H and O–H groups in total. The molecule has 8 nitrogen and oxygen atoms in total. The maximum absolute atomic E-state index is 13.2. The van der Waals surface area contributed by atoms with Crippen molar-refractivity contribution in [3.05, 3.63) is 63.9 Å². The van der Waals surface area contributed by atoms with Crippen molar-refractivity contribution in [2.45, 2.75) is 44.3 Å². The predicted molar refractivity (Wildman–Crippen MR) is 129 cm³/mol. The largest absolute Gasteiger partial charge is 0.335 e. The van der Waals surface area contributed by atoms with E-state index in [2.05, 4.69) is 42.9 Å². The van der Waals surface area contributed by atoms with Gasteiger partial charge < -0.3 is 15.5 Å². The molecular weight excluding hydrogens is 458 g/mol. The van der Waals surface area contributed by atoms with Gasteiger partial charge in [-0.05, 0) is 48.9 Å². The number of aromatic amines is 1. The Morgan fingerprint density at radius 3 is 2.85 bits per heavy atom. The molecule has 6 rings (SSSR count). The third-order valence-corrected chi connectivity index (χ3v) is 7.63. The molecule has 2 amide bonds. The molecule has 1 aromatic carbocycles. The van der Waals surface area contributed by atoms with E-state index in [4.69, 9.17) is 11.6 Å². The van der Waals surface area contributed by atoms with Gasteiger partial charge in [-0.15, -0.1) is 11.3 Å². The first-order valence-electron chi connectivity index (χ1n) is 10.8. The van der Waals surface area contributed by atoms with Crippen LogP contribution < -0.4 is 10.6 Å². The maximum Gasteiger partial charge on any atom is 0.318 e. The summed E-state index contributed by atoms with van der Waals surface area (Å²) in [4.78, 5) is 23.7. The van der Waals surface area contributed by atoms with E-state index in [1.54, 1.807) is 0 Å². The van der Waals surface area contributed by atoms with Gasteiger partial charge in [0.2, 0.25) is 5.28 Å². The molecule has 4 aromatic rings. The van der Waals surface area contributed by atoms with Crippen LogP contribution in [0.4, 0.5) is 16.4 Å². The first-order chi connectivity index (χ1) is 15.9. The van der Waals surface area contributed by atoms with Gasteiger partial charge in [0.05, 0.1) is 28.0 Å². The van der Waals surface area contributed by atoms with Gasteiger partial charge >= 0.3 is 6.03 Å². The van der Waals surface area contributed by atoms with Gasteiger partial charge in [0.15, 0.2) is 11.6 Å². The molecule has 10 heteroatoms. The van der Waals surface area contributed by atoms with E-state index in [1.807, 2.05) is 48.4 Å². The van der Waals surface area contributed by atoms with Gasteiger partial charge in [-0.2, -0.15) is 10.1 Å². The first-order valence-corrected chi connectivity index (χ1v) is 12.1. The van der Waals surface area contributed by atoms with E-state index in [0.717, 1.165) is 27.9 Å². The second-order valence-corrected chi connectivity index (χ2v) is 10.2. The monoisotopic (exact) mass is 479 g/mol. The number of halogens is 1. The number of nitrogens with zero attached hydrogens (tertiary/aromatic N) is 4. The molecule has 0 radical (unpaired) electrons. The molecule has 1 aliphatic carbocycles. The van der Waals surface area contributed by atoms with Crippen LogP contribution in [-0.4, -0.2) is 37.1 Å². The lowest BCUT2D eigenvalue weighted by atomic mass is 10.0. The molecule has 0 bridgehead atoms. The van der Waals surface area contributed by atoms with Crippen LogP contribution in [0, 0.1) is 0 Å². The van der Waals surface area contributed by atoms with E-state index in [9.17, 15) is 4.79 Å². The van der Waals surface area contributed by atoms with Crippen molar-refractivity contribution in [1.82, 2.24) is 30.4 Å². The van der Waals surface area contributed by atoms with Gasteiger partial charge in [0, 0.05) is 17.5 Å². The summed E-state index contributed by atoms with van der Waals surface area (Å²) in [5.74, 6) is 1.64. The van der Waals surface area contributed by atoms with Crippen LogP contribution in [0.2, 0.25) is 5.28 Å². The third kappa shape index (κ3) is 3.43. The van der Waals surface area contributed by atoms with Crippen LogP contribution in [0.5, 0.6) is 0 Å². The Balaban J connectivity index is 1.21. The number of hydrogen-bond acceptors (Lipinski definition) is 6. The molecule has 0 unspecified atom stereocenters. The Kier molecular flexibility index (Phi) is 4.60. The maximum atomic E-state index is 13.2. The molecule has 168 valence electrons. The fraction of sp³-hybridized carbons (Fsp3) is 0.304. The van der Waals surface area contributed by atoms with Crippen molar-refractivity contribution in [2.24, 2.45) is 0 Å². The summed E-state index contributed by atoms with van der Waals surface area (Å²) in [5.41, 5.74) is 3.40. The van der Waals surface area contributed by atoms with E-state index < -0.39 is 5.54 Å². The number of nitrogens with one attached hydrogen (secondary N) is 3. The normalized spacial score (nSPS) is 20.6. The van der Waals surface area contributed by atoms with Gasteiger partial charge in [-0.3, -0.25) is 5.10 Å². The van der Waals surface area contributed by atoms with Crippen LogP contribution in [-0.2, 0) is 12.1 Å². The first kappa shape index (κ1) is 20.4. The van der Waals surface area contributed by atoms with Crippen LogP contribution in [0.3, 0.4) is 0 Å². The summed E-state index contributed by atoms with van der Waals surface area (Å²) < 4.78 is 0.906. The molecule has 0 saturated heterocycles. The lowest BCUT2D eigenvalue weighted by molar-refractivity contribution is 0.142. The lowest BCUT2D eigenvalue weighted by Crippen LogP contribution is -2.47. The average molecular weight is 480 g/mol. The lowest BCUT2D eigenvalue weighted by Gasteiger charge is -2.32. The highest BCUT2D eigenvalue weighted by molar-refractivity contribution is 7.17. The molecule has 1 aliphatic heterocycles. The molecule has 1 saturated carbocycles. The number of urea groups is 1. The van der Waals surface area contributed by atoms with Crippen LogP contribution in [0.15, 0.2) is 41.8 Å². The highest BCUT2D eigenvalue weighted by Gasteiger charge is 2.46. The zero-order valence-corrected chi connectivity index (χ0v) is 19.7. The SMILES string of the molecule is CC1(C)c2[nH]nc(Nc3nc(Cl)nc4ccsc34)c2CN1C(=O)N[C@H]1C[C@@H]1c1ccccc1. The van der Waals surface area contributed by atoms with E-state index in [-0.39, 0.29) is 17.4 Å². The fourth-order valence-corrected chi connectivity index (χ4v) is 5.59. The summed E-state index contributed by atoms with van der Waals surface area (Å²) >= 11 is 7.65. The molecule has 2 atom stereocenters. The van der Waals surface area contributed by atoms with Crippen LogP contribution in [0.1, 0.15) is 43.0 Å². The summed E-state index contributed by atoms with van der Waals surface area (Å²) in [6.45, 7) is 4.50. The third-order valence-electron chi connectivity index (χ3n) is 6.56. The van der Waals surface area contributed by atoms with Gasteiger partial charge in [-0.1, -0.05) is 30.3 Å². The summed E-state index contributed by atoms with van der Waals surface area (Å²) in [7, 11) is 0. The number of fused-ring (bicyclic) bond motifs is 2. The van der Waals surface area contributed by atoms with E-state index in [1.165, 1.54) is 16.9 Å². The smallest absolute Gasteiger partial charge is 0.318 e. The number of thiophene rings is 1. The van der Waals surface area contributed by atoms with Crippen molar-refractivity contribution in [3.8, 4) is 0 Å². The number of aromatic nitrogens is 4. The van der Waals surface area contributed by atoms with Gasteiger partial charge in [-0.25, -0.2) is 9.78 Å². The summed E-state index contributed by atoms with van der Waals surface area (Å²) in [6, 6.07) is 12.3. The molecule has 4 heterocycles. The highest BCUT2D eigenvalue weighted by atomic mass is 35.5. The van der Waals surface area contributed by atoms with Crippen molar-refractivity contribution < 1.29 is 4.79 Å². The second-order valence-electron chi connectivity index (χ2n) is 8.98. The summed E-state index contributed by atoms with van der Waals surface area (Å²) in [5, 5.41) is 16.3. The highest BCUT2D eigenvalue weighted by Crippen LogP contribution is 2.44. The minimum Gasteiger partial charge on any atom is -0.335 e. The Hall–Kier alpha value is -3.17. The Morgan fingerprint density at radius 2 is 2.03 bits per heavy atom. The number of carbonyl (C=O) groups is 1. The summed E-state index contributed by atoms with van der Waals surface area (Å²) in [6.07, 6.45) is 0.967. The Morgan fingerprint density at radius 1 is 1.21 bits per heavy atom. The fourth-order valence-electron chi connectivity index (χ4n) is 4.64. The van der Waals surface area contributed by atoms with Crippen molar-refractivity contribution in [2.75, 3.05) is 5.32 Å². The van der Waals surface area contributed by atoms with Crippen molar-refractivity contribution in [3.63, 3.8) is 0 Å². The zero-order valence-electron chi connectivity index (χ0n) is 18.1. The van der Waals surface area contributed by atoms with Crippen molar-refractivity contribution >= 4 is 50.8 Å². The average Bonchev–Trinajstić information content (AvgIpc) is 3.09. The number of amides is 2. The predicted octanol–water partition coefficient (Wildman–Crippen LogP) is 5.13. The number of hydrogen-bond donors (Lipinski definition) is 3. The van der Waals surface area contributed by atoms with E-state index >= 15 is 0 Å². The number of anilines is 2. The molecule has 2 aliphatic rings. The topological polar surface area (TPSA) is 98.8 Å². The molecular formula is C23H22ClN7OS. The quantitative estimate of drug-likeness (QED) is 0.352. The van der Waals surface area contributed by atoms with Gasteiger partial charge in [0.25, 0.3) is 0 Å². The Labute approximate surface area is 199 Å². The van der Waals surface area contributed by atoms with Crippen LogP contribution in [0.25, 0.3) is 10.2 Å². The Bertz CT molecular complexity index is 1370. The number of benzene rings is 1. The minimum atomic E-state index is -0.523. The molecule has 33 heavy (non-hydrogen) atoms. The molecule has 0 spiro atoms. The standard InChI is InChI=1S/C23H22ClN7OS/c1-23(2)18-14(11-31(23)22(32)26-16-10-13(16)12-6-4-3-5-7-12)19(30-29-18)27-20-17-15(8-9-33-17)25-21(24)28-20/h3-9,13,16H,10-11H2,1-2H3,(H,26,32)(H2,25,27,28,29,30)/t13-,16+/m1/s1. The van der Waals surface area contributed by atoms with E-state index in [0.29, 0.717) is 24.1 Å².